The number of ether oxygens (including phenoxy) is 1. The first kappa shape index (κ1) is 24.1. The van der Waals surface area contributed by atoms with Gasteiger partial charge in [-0.05, 0) is 88.6 Å². The van der Waals surface area contributed by atoms with E-state index in [1.165, 1.54) is 0 Å². The average Bonchev–Trinajstić information content (AvgIpc) is 3.22. The number of rotatable bonds is 7. The topological polar surface area (TPSA) is 70.6 Å². The minimum Gasteiger partial charge on any atom is -0.497 e. The Labute approximate surface area is 214 Å². The number of halogens is 2. The van der Waals surface area contributed by atoms with Gasteiger partial charge in [-0.25, -0.2) is 14.6 Å². The number of aliphatic carboxylic acids is 1. The minimum atomic E-state index is -1.30. The lowest BCUT2D eigenvalue weighted by atomic mass is 9.73. The summed E-state index contributed by atoms with van der Waals surface area (Å²) in [5.74, 6) is -0.00634. The van der Waals surface area contributed by atoms with E-state index in [1.807, 2.05) is 60.7 Å². The van der Waals surface area contributed by atoms with Crippen molar-refractivity contribution in [2.45, 2.75) is 25.6 Å². The minimum absolute atomic E-state index is 0.308. The molecule has 3 aromatic rings. The van der Waals surface area contributed by atoms with Crippen molar-refractivity contribution in [3.05, 3.63) is 99.6 Å². The molecule has 0 radical (unpaired) electrons. The molecule has 3 aromatic carbocycles. The van der Waals surface area contributed by atoms with Crippen LogP contribution in [-0.4, -0.2) is 18.2 Å². The first-order chi connectivity index (χ1) is 17.4. The molecule has 5 nitrogen and oxygen atoms in total. The zero-order valence-corrected chi connectivity index (χ0v) is 20.5. The number of benzene rings is 3. The predicted octanol–water partition coefficient (Wildman–Crippen LogP) is 7.10. The zero-order valence-electron chi connectivity index (χ0n) is 19.7. The van der Waals surface area contributed by atoms with Crippen molar-refractivity contribution in [3.8, 4) is 5.75 Å². The van der Waals surface area contributed by atoms with Crippen LogP contribution in [0.4, 0.5) is 10.1 Å². The number of carbonyl (C=O) groups is 1. The van der Waals surface area contributed by atoms with Crippen LogP contribution < -0.4 is 15.6 Å². The van der Waals surface area contributed by atoms with Gasteiger partial charge < -0.3 is 15.3 Å². The van der Waals surface area contributed by atoms with E-state index in [2.05, 4.69) is 10.9 Å². The molecule has 1 saturated carbocycles. The van der Waals surface area contributed by atoms with Crippen molar-refractivity contribution >= 4 is 40.5 Å². The molecule has 1 fully saturated rings. The van der Waals surface area contributed by atoms with Crippen LogP contribution in [0.3, 0.4) is 0 Å². The smallest absolute Gasteiger partial charge is 0.328 e. The van der Waals surface area contributed by atoms with Crippen molar-refractivity contribution in [1.29, 1.82) is 0 Å². The van der Waals surface area contributed by atoms with E-state index in [-0.39, 0.29) is 0 Å². The van der Waals surface area contributed by atoms with Crippen LogP contribution >= 0.6 is 11.6 Å². The molecule has 0 aromatic heterocycles. The summed E-state index contributed by atoms with van der Waals surface area (Å²) in [6.45, 7) is 0. The van der Waals surface area contributed by atoms with E-state index < -0.39 is 12.3 Å². The molecule has 0 spiro atoms. The molecule has 0 bridgehead atoms. The molecule has 184 valence electrons. The summed E-state index contributed by atoms with van der Waals surface area (Å²) in [4.78, 5) is 10.9. The second-order valence-electron chi connectivity index (χ2n) is 8.99. The highest BCUT2D eigenvalue weighted by Gasteiger charge is 2.30. The quantitative estimate of drug-likeness (QED) is 0.182. The van der Waals surface area contributed by atoms with Crippen LogP contribution in [0.5, 0.6) is 5.75 Å². The van der Waals surface area contributed by atoms with Crippen LogP contribution in [0.2, 0.25) is 5.02 Å². The molecule has 5 rings (SSSR count). The standard InChI is InChI=1S/C29H26ClFN2O3/c1-36-21-11-12-22(24(30)16-21)28(18-3-2-4-18)27(19-8-5-17(6-9-19)7-14-26(34)35)20-10-13-25-23(15-20)29(31)33-32-25/h5-16,18,29,32-33H,2-4H2,1H3,(H,34,35)/b14-7+,28-27+. The molecule has 1 atom stereocenters. The summed E-state index contributed by atoms with van der Waals surface area (Å²) in [5.41, 5.74) is 12.4. The molecule has 1 unspecified atom stereocenters. The van der Waals surface area contributed by atoms with E-state index in [1.54, 1.807) is 13.2 Å². The fraction of sp³-hybridized carbons (Fsp3) is 0.207. The Balaban J connectivity index is 1.73. The van der Waals surface area contributed by atoms with Gasteiger partial charge in [0, 0.05) is 11.6 Å². The number of nitrogens with one attached hydrogen (secondary N) is 2. The molecule has 1 heterocycles. The maximum absolute atomic E-state index is 14.6. The van der Waals surface area contributed by atoms with E-state index in [0.717, 1.165) is 58.7 Å². The number of carboxylic acids is 1. The van der Waals surface area contributed by atoms with Crippen molar-refractivity contribution in [2.75, 3.05) is 12.5 Å². The van der Waals surface area contributed by atoms with E-state index in [0.29, 0.717) is 27.9 Å². The Morgan fingerprint density at radius 3 is 2.47 bits per heavy atom. The number of carboxylic acid groups (broad SMARTS) is 1. The molecule has 0 amide bonds. The summed E-state index contributed by atoms with van der Waals surface area (Å²) < 4.78 is 20.0. The SMILES string of the molecule is COc1ccc(/C(=C(\c2ccc(/C=C/C(=O)O)cc2)c2ccc3c(c2)C(F)NN3)C2CCC2)c(Cl)c1. The van der Waals surface area contributed by atoms with Crippen molar-refractivity contribution in [3.63, 3.8) is 0 Å². The molecule has 3 N–H and O–H groups in total. The van der Waals surface area contributed by atoms with E-state index >= 15 is 0 Å². The fourth-order valence-corrected chi connectivity index (χ4v) is 5.04. The van der Waals surface area contributed by atoms with Crippen molar-refractivity contribution in [1.82, 2.24) is 5.43 Å². The molecule has 1 aliphatic heterocycles. The van der Waals surface area contributed by atoms with Gasteiger partial charge in [0.1, 0.15) is 5.75 Å². The van der Waals surface area contributed by atoms with Crippen LogP contribution in [0.1, 0.15) is 53.4 Å². The van der Waals surface area contributed by atoms with Gasteiger partial charge in [0.15, 0.2) is 6.30 Å². The Bertz CT molecular complexity index is 1360. The third kappa shape index (κ3) is 4.74. The predicted molar refractivity (Wildman–Crippen MR) is 141 cm³/mol. The number of fused-ring (bicyclic) bond motifs is 1. The van der Waals surface area contributed by atoms with Crippen LogP contribution in [-0.2, 0) is 4.79 Å². The second kappa shape index (κ2) is 10.2. The zero-order chi connectivity index (χ0) is 25.2. The van der Waals surface area contributed by atoms with Gasteiger partial charge in [-0.2, -0.15) is 0 Å². The second-order valence-corrected chi connectivity index (χ2v) is 9.40. The lowest BCUT2D eigenvalue weighted by Crippen LogP contribution is -2.15. The lowest BCUT2D eigenvalue weighted by molar-refractivity contribution is -0.131. The molecule has 1 aliphatic carbocycles. The third-order valence-electron chi connectivity index (χ3n) is 6.81. The molecule has 0 saturated heterocycles. The molecular formula is C29H26ClFN2O3. The van der Waals surface area contributed by atoms with Gasteiger partial charge in [-0.15, -0.1) is 0 Å². The molecule has 2 aliphatic rings. The Morgan fingerprint density at radius 2 is 1.83 bits per heavy atom. The number of hydrazine groups is 1. The monoisotopic (exact) mass is 504 g/mol. The highest BCUT2D eigenvalue weighted by Crippen LogP contribution is 2.48. The largest absolute Gasteiger partial charge is 0.497 e. The number of hydrogen-bond donors (Lipinski definition) is 3. The Kier molecular flexibility index (Phi) is 6.81. The number of alkyl halides is 1. The van der Waals surface area contributed by atoms with Crippen LogP contribution in [0.25, 0.3) is 17.2 Å². The highest BCUT2D eigenvalue weighted by molar-refractivity contribution is 6.33. The van der Waals surface area contributed by atoms with Crippen molar-refractivity contribution < 1.29 is 19.0 Å². The summed E-state index contributed by atoms with van der Waals surface area (Å²) in [6.07, 6.45) is 4.59. The van der Waals surface area contributed by atoms with Gasteiger partial charge in [0.25, 0.3) is 0 Å². The molecule has 7 heteroatoms. The van der Waals surface area contributed by atoms with Crippen LogP contribution in [0.15, 0.2) is 66.7 Å². The van der Waals surface area contributed by atoms with Gasteiger partial charge >= 0.3 is 5.97 Å². The van der Waals surface area contributed by atoms with E-state index in [4.69, 9.17) is 21.4 Å². The summed E-state index contributed by atoms with van der Waals surface area (Å²) in [5, 5.41) is 9.56. The number of anilines is 1. The first-order valence-corrected chi connectivity index (χ1v) is 12.2. The van der Waals surface area contributed by atoms with Gasteiger partial charge in [-0.3, -0.25) is 0 Å². The Hall–Kier alpha value is -3.61. The number of hydrogen-bond acceptors (Lipinski definition) is 4. The average molecular weight is 505 g/mol. The maximum atomic E-state index is 14.6. The third-order valence-corrected chi connectivity index (χ3v) is 7.13. The van der Waals surface area contributed by atoms with Gasteiger partial charge in [-0.1, -0.05) is 48.4 Å². The number of methoxy groups -OCH3 is 1. The van der Waals surface area contributed by atoms with E-state index in [9.17, 15) is 9.18 Å². The number of allylic oxidation sites excluding steroid dienone is 1. The summed E-state index contributed by atoms with van der Waals surface area (Å²) in [7, 11) is 1.61. The summed E-state index contributed by atoms with van der Waals surface area (Å²) in [6, 6.07) is 19.2. The fourth-order valence-electron chi connectivity index (χ4n) is 4.76. The van der Waals surface area contributed by atoms with Gasteiger partial charge in [0.2, 0.25) is 0 Å². The highest BCUT2D eigenvalue weighted by atomic mass is 35.5. The molecule has 36 heavy (non-hydrogen) atoms. The summed E-state index contributed by atoms with van der Waals surface area (Å²) >= 11 is 6.80. The van der Waals surface area contributed by atoms with Gasteiger partial charge in [0.05, 0.1) is 17.8 Å². The Morgan fingerprint density at radius 1 is 1.08 bits per heavy atom. The van der Waals surface area contributed by atoms with Crippen LogP contribution in [0, 0.1) is 5.92 Å². The first-order valence-electron chi connectivity index (χ1n) is 11.8. The maximum Gasteiger partial charge on any atom is 0.328 e. The lowest BCUT2D eigenvalue weighted by Gasteiger charge is -2.32. The van der Waals surface area contributed by atoms with Crippen molar-refractivity contribution in [2.24, 2.45) is 5.92 Å². The molecular weight excluding hydrogens is 479 g/mol. The normalized spacial score (nSPS) is 17.8.